The summed E-state index contributed by atoms with van der Waals surface area (Å²) in [5.74, 6) is -0.999. The molecule has 3 rings (SSSR count). The first-order valence-corrected chi connectivity index (χ1v) is 6.94. The second-order valence-corrected chi connectivity index (χ2v) is 5.35. The lowest BCUT2D eigenvalue weighted by molar-refractivity contribution is 0.0974. The third kappa shape index (κ3) is 2.53. The zero-order valence-corrected chi connectivity index (χ0v) is 11.6. The first kappa shape index (κ1) is 13.7. The number of nitrogens with zero attached hydrogens (tertiary/aromatic N) is 1. The van der Waals surface area contributed by atoms with Crippen molar-refractivity contribution in [3.8, 4) is 0 Å². The van der Waals surface area contributed by atoms with Crippen LogP contribution in [0.3, 0.4) is 0 Å². The molecule has 108 valence electrons. The van der Waals surface area contributed by atoms with Crippen LogP contribution in [0.25, 0.3) is 0 Å². The summed E-state index contributed by atoms with van der Waals surface area (Å²) >= 11 is 0. The van der Waals surface area contributed by atoms with Crippen LogP contribution in [0, 0.1) is 11.6 Å². The number of amides is 1. The molecule has 0 saturated carbocycles. The smallest absolute Gasteiger partial charge is 0.258 e. The first-order valence-electron chi connectivity index (χ1n) is 6.94. The number of carbonyl (C=O) groups is 1. The molecular weight excluding hydrogens is 272 g/mol. The van der Waals surface area contributed by atoms with Crippen LogP contribution in [-0.4, -0.2) is 11.9 Å². The van der Waals surface area contributed by atoms with E-state index in [4.69, 9.17) is 0 Å². The van der Waals surface area contributed by atoms with E-state index in [9.17, 15) is 13.6 Å². The predicted molar refractivity (Wildman–Crippen MR) is 77.4 cm³/mol. The molecule has 4 heteroatoms. The lowest BCUT2D eigenvalue weighted by Crippen LogP contribution is -2.42. The minimum absolute atomic E-state index is 0.00118. The summed E-state index contributed by atoms with van der Waals surface area (Å²) in [5, 5.41) is 0. The number of benzene rings is 2. The maximum atomic E-state index is 13.3. The van der Waals surface area contributed by atoms with Gasteiger partial charge in [-0.05, 0) is 61.7 Å². The lowest BCUT2D eigenvalue weighted by Gasteiger charge is -2.35. The van der Waals surface area contributed by atoms with Gasteiger partial charge in [-0.3, -0.25) is 4.79 Å². The lowest BCUT2D eigenvalue weighted by atomic mass is 9.95. The molecule has 2 aromatic rings. The summed E-state index contributed by atoms with van der Waals surface area (Å²) in [4.78, 5) is 14.3. The highest BCUT2D eigenvalue weighted by Gasteiger charge is 2.29. The van der Waals surface area contributed by atoms with Gasteiger partial charge in [-0.2, -0.15) is 0 Å². The Morgan fingerprint density at radius 2 is 1.90 bits per heavy atom. The zero-order chi connectivity index (χ0) is 15.0. The molecule has 0 aromatic heterocycles. The number of hydrogen-bond acceptors (Lipinski definition) is 1. The van der Waals surface area contributed by atoms with Crippen LogP contribution in [-0.2, 0) is 6.42 Å². The predicted octanol–water partition coefficient (Wildman–Crippen LogP) is 3.95. The molecule has 0 saturated heterocycles. The average Bonchev–Trinajstić information content (AvgIpc) is 2.47. The van der Waals surface area contributed by atoms with Crippen molar-refractivity contribution in [1.82, 2.24) is 0 Å². The Morgan fingerprint density at radius 3 is 2.67 bits per heavy atom. The number of anilines is 1. The van der Waals surface area contributed by atoms with Crippen LogP contribution < -0.4 is 4.90 Å². The fourth-order valence-corrected chi connectivity index (χ4v) is 2.79. The molecule has 2 nitrogen and oxygen atoms in total. The fraction of sp³-hybridized carbons (Fsp3) is 0.235. The van der Waals surface area contributed by atoms with Crippen molar-refractivity contribution in [3.63, 3.8) is 0 Å². The molecule has 0 aliphatic carbocycles. The average molecular weight is 287 g/mol. The van der Waals surface area contributed by atoms with E-state index < -0.39 is 5.82 Å². The fourth-order valence-electron chi connectivity index (χ4n) is 2.79. The van der Waals surface area contributed by atoms with E-state index in [-0.39, 0.29) is 17.8 Å². The van der Waals surface area contributed by atoms with E-state index >= 15 is 0 Å². The van der Waals surface area contributed by atoms with Gasteiger partial charge in [-0.25, -0.2) is 8.78 Å². The molecule has 0 fully saturated rings. The Morgan fingerprint density at radius 1 is 1.14 bits per heavy atom. The molecule has 1 unspecified atom stereocenters. The Bertz CT molecular complexity index is 699. The number of halogens is 2. The number of aryl methyl sites for hydroxylation is 1. The van der Waals surface area contributed by atoms with Gasteiger partial charge in [0.1, 0.15) is 11.6 Å². The molecule has 0 spiro atoms. The molecule has 1 heterocycles. The van der Waals surface area contributed by atoms with Gasteiger partial charge in [0.2, 0.25) is 0 Å². The Labute approximate surface area is 122 Å². The topological polar surface area (TPSA) is 20.3 Å². The van der Waals surface area contributed by atoms with E-state index in [1.807, 2.05) is 6.92 Å². The first-order chi connectivity index (χ1) is 10.1. The second kappa shape index (κ2) is 5.28. The maximum Gasteiger partial charge on any atom is 0.258 e. The van der Waals surface area contributed by atoms with Gasteiger partial charge in [-0.1, -0.05) is 6.07 Å². The minimum Gasteiger partial charge on any atom is -0.305 e. The van der Waals surface area contributed by atoms with Gasteiger partial charge in [0.15, 0.2) is 0 Å². The second-order valence-electron chi connectivity index (χ2n) is 5.35. The number of carbonyl (C=O) groups excluding carboxylic acids is 1. The largest absolute Gasteiger partial charge is 0.305 e. The van der Waals surface area contributed by atoms with E-state index in [0.717, 1.165) is 18.4 Å². The molecule has 1 aliphatic heterocycles. The molecule has 0 radical (unpaired) electrons. The minimum atomic E-state index is -0.440. The van der Waals surface area contributed by atoms with Crippen LogP contribution in [0.15, 0.2) is 42.5 Å². The molecule has 0 N–H and O–H groups in total. The Balaban J connectivity index is 2.03. The quantitative estimate of drug-likeness (QED) is 0.777. The third-order valence-electron chi connectivity index (χ3n) is 3.86. The Hall–Kier alpha value is -2.23. The van der Waals surface area contributed by atoms with Gasteiger partial charge in [0.25, 0.3) is 5.91 Å². The van der Waals surface area contributed by atoms with Crippen LogP contribution >= 0.6 is 0 Å². The molecule has 0 bridgehead atoms. The molecule has 1 atom stereocenters. The van der Waals surface area contributed by atoms with E-state index in [2.05, 4.69) is 0 Å². The number of rotatable bonds is 1. The van der Waals surface area contributed by atoms with Crippen molar-refractivity contribution in [2.75, 3.05) is 4.90 Å². The SMILES string of the molecule is CC1CCc2cc(F)ccc2N1C(=O)c1cccc(F)c1. The zero-order valence-electron chi connectivity index (χ0n) is 11.6. The van der Waals surface area contributed by atoms with Gasteiger partial charge < -0.3 is 4.90 Å². The van der Waals surface area contributed by atoms with Crippen molar-refractivity contribution < 1.29 is 13.6 Å². The molecule has 1 amide bonds. The van der Waals surface area contributed by atoms with Crippen LogP contribution in [0.2, 0.25) is 0 Å². The Kier molecular flexibility index (Phi) is 3.45. The summed E-state index contributed by atoms with van der Waals surface area (Å²) in [6, 6.07) is 10.1. The summed E-state index contributed by atoms with van der Waals surface area (Å²) in [6.07, 6.45) is 1.50. The van der Waals surface area contributed by atoms with Gasteiger partial charge in [0.05, 0.1) is 0 Å². The molecule has 1 aliphatic rings. The molecule has 21 heavy (non-hydrogen) atoms. The van der Waals surface area contributed by atoms with Crippen molar-refractivity contribution in [2.45, 2.75) is 25.8 Å². The van der Waals surface area contributed by atoms with Crippen molar-refractivity contribution in [1.29, 1.82) is 0 Å². The highest BCUT2D eigenvalue weighted by Crippen LogP contribution is 2.32. The van der Waals surface area contributed by atoms with Crippen molar-refractivity contribution in [2.24, 2.45) is 0 Å². The van der Waals surface area contributed by atoms with Crippen molar-refractivity contribution >= 4 is 11.6 Å². The summed E-state index contributed by atoms with van der Waals surface area (Å²) in [6.45, 7) is 1.95. The van der Waals surface area contributed by atoms with E-state index in [1.165, 1.54) is 30.3 Å². The van der Waals surface area contributed by atoms with Crippen LogP contribution in [0.4, 0.5) is 14.5 Å². The van der Waals surface area contributed by atoms with Gasteiger partial charge >= 0.3 is 0 Å². The summed E-state index contributed by atoms with van der Waals surface area (Å²) in [7, 11) is 0. The maximum absolute atomic E-state index is 13.3. The highest BCUT2D eigenvalue weighted by molar-refractivity contribution is 6.07. The highest BCUT2D eigenvalue weighted by atomic mass is 19.1. The van der Waals surface area contributed by atoms with Gasteiger partial charge in [-0.15, -0.1) is 0 Å². The van der Waals surface area contributed by atoms with E-state index in [0.29, 0.717) is 11.3 Å². The third-order valence-corrected chi connectivity index (χ3v) is 3.86. The summed E-state index contributed by atoms with van der Waals surface area (Å²) < 4.78 is 26.7. The summed E-state index contributed by atoms with van der Waals surface area (Å²) in [5.41, 5.74) is 1.83. The normalized spacial score (nSPS) is 17.5. The monoisotopic (exact) mass is 287 g/mol. The van der Waals surface area contributed by atoms with E-state index in [1.54, 1.807) is 17.0 Å². The number of hydrogen-bond donors (Lipinski definition) is 0. The standard InChI is InChI=1S/C17H15F2NO/c1-11-5-6-12-9-15(19)7-8-16(12)20(11)17(21)13-3-2-4-14(18)10-13/h2-4,7-11H,5-6H2,1H3. The van der Waals surface area contributed by atoms with Crippen molar-refractivity contribution in [3.05, 3.63) is 65.2 Å². The molecule has 2 aromatic carbocycles. The number of fused-ring (bicyclic) bond motifs is 1. The van der Waals surface area contributed by atoms with Crippen LogP contribution in [0.5, 0.6) is 0 Å². The van der Waals surface area contributed by atoms with Gasteiger partial charge in [0, 0.05) is 17.3 Å². The molecular formula is C17H15F2NO. The van der Waals surface area contributed by atoms with Crippen LogP contribution in [0.1, 0.15) is 29.3 Å².